The Morgan fingerprint density at radius 1 is 1.24 bits per heavy atom. The molecule has 2 N–H and O–H groups in total. The molecule has 1 atom stereocenters. The van der Waals surface area contributed by atoms with Crippen LogP contribution in [0.4, 0.5) is 21.6 Å². The van der Waals surface area contributed by atoms with Crippen LogP contribution in [-0.4, -0.2) is 47.5 Å². The van der Waals surface area contributed by atoms with Crippen molar-refractivity contribution in [2.45, 2.75) is 18.9 Å². The van der Waals surface area contributed by atoms with Crippen LogP contribution in [0, 0.1) is 5.82 Å². The van der Waals surface area contributed by atoms with Crippen molar-refractivity contribution in [2.24, 2.45) is 0 Å². The Kier molecular flexibility index (Phi) is 6.97. The number of amides is 1. The molecule has 1 fully saturated rings. The number of nitrogens with zero attached hydrogens (tertiary/aromatic N) is 3. The summed E-state index contributed by atoms with van der Waals surface area (Å²) in [4.78, 5) is 23.3. The van der Waals surface area contributed by atoms with Gasteiger partial charge in [-0.05, 0) is 50.7 Å². The number of methoxy groups -OCH3 is 1. The first kappa shape index (κ1) is 23.2. The van der Waals surface area contributed by atoms with E-state index in [4.69, 9.17) is 27.9 Å². The fourth-order valence-electron chi connectivity index (χ4n) is 3.83. The zero-order chi connectivity index (χ0) is 23.5. The summed E-state index contributed by atoms with van der Waals surface area (Å²) in [7, 11) is 3.52. The molecule has 0 saturated carbocycles. The number of fused-ring (bicyclic) bond motifs is 1. The minimum atomic E-state index is -0.707. The predicted molar refractivity (Wildman–Crippen MR) is 129 cm³/mol. The highest BCUT2D eigenvalue weighted by molar-refractivity contribution is 6.42. The van der Waals surface area contributed by atoms with E-state index >= 15 is 0 Å². The Morgan fingerprint density at radius 3 is 2.76 bits per heavy atom. The molecule has 1 amide bonds. The summed E-state index contributed by atoms with van der Waals surface area (Å²) in [5.41, 5.74) is 1.07. The standard InChI is InChI=1S/C23H22Cl2FN5O2/c1-31-11-3-4-13(31)5-10-18(32)29-17-9-8-15-19(22(17)33-2)23(28-12-27-15)30-16-7-6-14(24)20(25)21(16)26/h5-10,12-13H,3-4,11H2,1-2H3,(H,29,32)(H,27,28,30)/b10-5+. The lowest BCUT2D eigenvalue weighted by atomic mass is 10.1. The van der Waals surface area contributed by atoms with Gasteiger partial charge in [0.05, 0.1) is 39.4 Å². The van der Waals surface area contributed by atoms with Crippen LogP contribution in [0.15, 0.2) is 42.7 Å². The Hall–Kier alpha value is -2.94. The molecule has 0 spiro atoms. The van der Waals surface area contributed by atoms with Crippen molar-refractivity contribution in [3.05, 3.63) is 58.6 Å². The number of carbonyl (C=O) groups is 1. The van der Waals surface area contributed by atoms with E-state index < -0.39 is 5.82 Å². The molecular weight excluding hydrogens is 468 g/mol. The minimum Gasteiger partial charge on any atom is -0.494 e. The number of likely N-dealkylation sites (N-methyl/N-ethyl adjacent to an activating group) is 1. The minimum absolute atomic E-state index is 0.0875. The normalized spacial score (nSPS) is 16.5. The molecule has 4 rings (SSSR count). The molecule has 7 nitrogen and oxygen atoms in total. The number of rotatable bonds is 6. The van der Waals surface area contributed by atoms with Gasteiger partial charge in [0, 0.05) is 12.1 Å². The van der Waals surface area contributed by atoms with Gasteiger partial charge >= 0.3 is 0 Å². The van der Waals surface area contributed by atoms with Crippen LogP contribution < -0.4 is 15.4 Å². The van der Waals surface area contributed by atoms with Gasteiger partial charge in [0.15, 0.2) is 11.6 Å². The van der Waals surface area contributed by atoms with Crippen LogP contribution in [0.5, 0.6) is 5.75 Å². The second kappa shape index (κ2) is 9.91. The van der Waals surface area contributed by atoms with E-state index in [1.54, 1.807) is 12.1 Å². The number of ether oxygens (including phenoxy) is 1. The maximum Gasteiger partial charge on any atom is 0.248 e. The van der Waals surface area contributed by atoms with E-state index in [9.17, 15) is 9.18 Å². The van der Waals surface area contributed by atoms with Gasteiger partial charge in [-0.2, -0.15) is 0 Å². The van der Waals surface area contributed by atoms with Crippen molar-refractivity contribution < 1.29 is 13.9 Å². The van der Waals surface area contributed by atoms with Gasteiger partial charge in [-0.15, -0.1) is 0 Å². The second-order valence-corrected chi connectivity index (χ2v) is 8.43. The molecule has 1 aliphatic rings. The van der Waals surface area contributed by atoms with Crippen LogP contribution in [0.1, 0.15) is 12.8 Å². The molecule has 33 heavy (non-hydrogen) atoms. The average Bonchev–Trinajstić information content (AvgIpc) is 3.22. The van der Waals surface area contributed by atoms with Crippen molar-refractivity contribution >= 4 is 57.2 Å². The molecule has 3 aromatic rings. The number of likely N-dealkylation sites (tertiary alicyclic amines) is 1. The summed E-state index contributed by atoms with van der Waals surface area (Å²) in [5.74, 6) is -0.361. The maximum absolute atomic E-state index is 14.6. The second-order valence-electron chi connectivity index (χ2n) is 7.65. The molecule has 0 bridgehead atoms. The Balaban J connectivity index is 1.66. The molecule has 1 unspecified atom stereocenters. The zero-order valence-corrected chi connectivity index (χ0v) is 19.5. The lowest BCUT2D eigenvalue weighted by molar-refractivity contribution is -0.111. The SMILES string of the molecule is COc1c(NC(=O)/C=C/C2CCCN2C)ccc2ncnc(Nc3ccc(Cl)c(Cl)c3F)c12. The van der Waals surface area contributed by atoms with Crippen molar-refractivity contribution in [1.29, 1.82) is 0 Å². The third kappa shape index (κ3) is 4.88. The van der Waals surface area contributed by atoms with Crippen LogP contribution in [0.3, 0.4) is 0 Å². The maximum atomic E-state index is 14.6. The third-order valence-electron chi connectivity index (χ3n) is 5.55. The average molecular weight is 490 g/mol. The van der Waals surface area contributed by atoms with Crippen molar-refractivity contribution in [1.82, 2.24) is 14.9 Å². The Morgan fingerprint density at radius 2 is 2.03 bits per heavy atom. The van der Waals surface area contributed by atoms with E-state index in [1.807, 2.05) is 13.1 Å². The van der Waals surface area contributed by atoms with E-state index in [-0.39, 0.29) is 33.5 Å². The highest BCUT2D eigenvalue weighted by atomic mass is 35.5. The molecule has 2 heterocycles. The van der Waals surface area contributed by atoms with Crippen molar-refractivity contribution in [2.75, 3.05) is 31.3 Å². The summed E-state index contributed by atoms with van der Waals surface area (Å²) in [5, 5.41) is 6.15. The van der Waals surface area contributed by atoms with Crippen LogP contribution in [0.2, 0.25) is 10.0 Å². The van der Waals surface area contributed by atoms with Crippen LogP contribution in [-0.2, 0) is 4.79 Å². The number of hydrogen-bond donors (Lipinski definition) is 2. The predicted octanol–water partition coefficient (Wildman–Crippen LogP) is 5.42. The first-order valence-electron chi connectivity index (χ1n) is 10.3. The van der Waals surface area contributed by atoms with Gasteiger partial charge in [0.1, 0.15) is 12.1 Å². The topological polar surface area (TPSA) is 79.4 Å². The van der Waals surface area contributed by atoms with Gasteiger partial charge in [-0.3, -0.25) is 9.69 Å². The fourth-order valence-corrected chi connectivity index (χ4v) is 4.14. The highest BCUT2D eigenvalue weighted by Gasteiger charge is 2.20. The van der Waals surface area contributed by atoms with E-state index in [0.717, 1.165) is 19.4 Å². The van der Waals surface area contributed by atoms with Gasteiger partial charge < -0.3 is 15.4 Å². The molecular formula is C23H22Cl2FN5O2. The number of benzene rings is 2. The van der Waals surface area contributed by atoms with Crippen LogP contribution in [0.25, 0.3) is 10.9 Å². The highest BCUT2D eigenvalue weighted by Crippen LogP contribution is 2.39. The summed E-state index contributed by atoms with van der Waals surface area (Å²) in [6, 6.07) is 6.61. The summed E-state index contributed by atoms with van der Waals surface area (Å²) < 4.78 is 20.2. The molecule has 172 valence electrons. The van der Waals surface area contributed by atoms with Crippen molar-refractivity contribution in [3.8, 4) is 5.75 Å². The molecule has 2 aromatic carbocycles. The van der Waals surface area contributed by atoms with Gasteiger partial charge in [-0.1, -0.05) is 29.3 Å². The molecule has 0 radical (unpaired) electrons. The molecule has 0 aliphatic carbocycles. The molecule has 10 heteroatoms. The van der Waals surface area contributed by atoms with Gasteiger partial charge in [-0.25, -0.2) is 14.4 Å². The first-order chi connectivity index (χ1) is 15.9. The van der Waals surface area contributed by atoms with Gasteiger partial charge in [0.25, 0.3) is 0 Å². The number of anilines is 3. The van der Waals surface area contributed by atoms with E-state index in [0.29, 0.717) is 22.3 Å². The zero-order valence-electron chi connectivity index (χ0n) is 18.0. The summed E-state index contributed by atoms with van der Waals surface area (Å²) in [6.45, 7) is 1.02. The number of carbonyl (C=O) groups excluding carboxylic acids is 1. The lowest BCUT2D eigenvalue weighted by Crippen LogP contribution is -2.23. The number of halogens is 3. The molecule has 1 saturated heterocycles. The molecule has 1 aromatic heterocycles. The van der Waals surface area contributed by atoms with Gasteiger partial charge in [0.2, 0.25) is 5.91 Å². The number of nitrogens with one attached hydrogen (secondary N) is 2. The fraction of sp³-hybridized carbons (Fsp3) is 0.261. The van der Waals surface area contributed by atoms with E-state index in [2.05, 4.69) is 25.5 Å². The Bertz CT molecular complexity index is 1240. The third-order valence-corrected chi connectivity index (χ3v) is 6.33. The van der Waals surface area contributed by atoms with Crippen LogP contribution >= 0.6 is 23.2 Å². The smallest absolute Gasteiger partial charge is 0.248 e. The van der Waals surface area contributed by atoms with E-state index in [1.165, 1.54) is 31.6 Å². The largest absolute Gasteiger partial charge is 0.494 e. The van der Waals surface area contributed by atoms with Crippen molar-refractivity contribution in [3.63, 3.8) is 0 Å². The first-order valence-corrected chi connectivity index (χ1v) is 11.1. The Labute approximate surface area is 200 Å². The lowest BCUT2D eigenvalue weighted by Gasteiger charge is -2.16. The number of hydrogen-bond acceptors (Lipinski definition) is 6. The quantitative estimate of drug-likeness (QED) is 0.355. The summed E-state index contributed by atoms with van der Waals surface area (Å²) >= 11 is 11.8. The summed E-state index contributed by atoms with van der Waals surface area (Å²) in [6.07, 6.45) is 6.91. The molecule has 1 aliphatic heterocycles. The number of aromatic nitrogens is 2. The monoisotopic (exact) mass is 489 g/mol.